The maximum Gasteiger partial charge on any atom is 0.311 e. The van der Waals surface area contributed by atoms with Crippen LogP contribution in [0.4, 0.5) is 8.78 Å². The van der Waals surface area contributed by atoms with Gasteiger partial charge in [0.1, 0.15) is 0 Å². The van der Waals surface area contributed by atoms with E-state index in [0.717, 1.165) is 37.9 Å². The van der Waals surface area contributed by atoms with Gasteiger partial charge in [-0.15, -0.1) is 0 Å². The first-order chi connectivity index (χ1) is 10.5. The summed E-state index contributed by atoms with van der Waals surface area (Å²) in [7, 11) is 0. The van der Waals surface area contributed by atoms with Crippen molar-refractivity contribution in [3.63, 3.8) is 0 Å². The van der Waals surface area contributed by atoms with E-state index >= 15 is 0 Å². The SMILES string of the molecule is O=C(O)[C@@]12CCC[C@H]1CN(C/C=C/c1ccc(F)c(F)c1)C2. The van der Waals surface area contributed by atoms with Crippen molar-refractivity contribution in [3.8, 4) is 0 Å². The molecule has 0 spiro atoms. The molecule has 118 valence electrons. The second-order valence-corrected chi connectivity index (χ2v) is 6.32. The molecular weight excluding hydrogens is 288 g/mol. The predicted molar refractivity (Wildman–Crippen MR) is 79.2 cm³/mol. The second kappa shape index (κ2) is 5.80. The lowest BCUT2D eigenvalue weighted by Gasteiger charge is -2.23. The van der Waals surface area contributed by atoms with Crippen LogP contribution in [0.25, 0.3) is 6.08 Å². The highest BCUT2D eigenvalue weighted by molar-refractivity contribution is 5.76. The zero-order chi connectivity index (χ0) is 15.7. The first kappa shape index (κ1) is 15.2. The molecule has 1 saturated heterocycles. The fourth-order valence-electron chi connectivity index (χ4n) is 3.84. The number of hydrogen-bond donors (Lipinski definition) is 1. The molecule has 22 heavy (non-hydrogen) atoms. The summed E-state index contributed by atoms with van der Waals surface area (Å²) in [5.74, 6) is -2.15. The number of fused-ring (bicyclic) bond motifs is 1. The molecule has 0 aromatic heterocycles. The average Bonchev–Trinajstić information content (AvgIpc) is 3.00. The van der Waals surface area contributed by atoms with Gasteiger partial charge in [-0.2, -0.15) is 0 Å². The lowest BCUT2D eigenvalue weighted by Crippen LogP contribution is -2.35. The molecule has 2 aliphatic rings. The maximum atomic E-state index is 13.1. The lowest BCUT2D eigenvalue weighted by atomic mass is 9.81. The van der Waals surface area contributed by atoms with Gasteiger partial charge in [-0.1, -0.05) is 24.6 Å². The number of nitrogens with zero attached hydrogens (tertiary/aromatic N) is 1. The summed E-state index contributed by atoms with van der Waals surface area (Å²) < 4.78 is 26.0. The monoisotopic (exact) mass is 307 g/mol. The molecule has 3 rings (SSSR count). The third-order valence-corrected chi connectivity index (χ3v) is 4.98. The van der Waals surface area contributed by atoms with Crippen LogP contribution in [0, 0.1) is 23.0 Å². The highest BCUT2D eigenvalue weighted by atomic mass is 19.2. The van der Waals surface area contributed by atoms with Crippen molar-refractivity contribution in [2.45, 2.75) is 19.3 Å². The Bertz CT molecular complexity index is 617. The summed E-state index contributed by atoms with van der Waals surface area (Å²) in [6, 6.07) is 3.78. The Hall–Kier alpha value is -1.75. The van der Waals surface area contributed by atoms with Gasteiger partial charge in [0.05, 0.1) is 5.41 Å². The van der Waals surface area contributed by atoms with E-state index in [1.54, 1.807) is 6.08 Å². The van der Waals surface area contributed by atoms with Crippen LogP contribution in [0.3, 0.4) is 0 Å². The van der Waals surface area contributed by atoms with E-state index in [1.807, 2.05) is 6.08 Å². The van der Waals surface area contributed by atoms with E-state index in [-0.39, 0.29) is 5.92 Å². The highest BCUT2D eigenvalue weighted by Crippen LogP contribution is 2.48. The number of halogens is 2. The van der Waals surface area contributed by atoms with Gasteiger partial charge in [0.15, 0.2) is 11.6 Å². The second-order valence-electron chi connectivity index (χ2n) is 6.32. The van der Waals surface area contributed by atoms with Crippen LogP contribution in [-0.4, -0.2) is 35.6 Å². The van der Waals surface area contributed by atoms with Gasteiger partial charge in [0.2, 0.25) is 0 Å². The van der Waals surface area contributed by atoms with E-state index < -0.39 is 23.0 Å². The molecule has 1 aromatic rings. The van der Waals surface area contributed by atoms with E-state index in [4.69, 9.17) is 0 Å². The van der Waals surface area contributed by atoms with Crippen LogP contribution in [0.2, 0.25) is 0 Å². The molecule has 2 fully saturated rings. The first-order valence-electron chi connectivity index (χ1n) is 7.58. The van der Waals surface area contributed by atoms with Crippen LogP contribution in [0.1, 0.15) is 24.8 Å². The Morgan fingerprint density at radius 3 is 2.91 bits per heavy atom. The molecule has 1 saturated carbocycles. The Balaban J connectivity index is 1.62. The van der Waals surface area contributed by atoms with Crippen molar-refractivity contribution in [2.75, 3.05) is 19.6 Å². The smallest absolute Gasteiger partial charge is 0.311 e. The minimum Gasteiger partial charge on any atom is -0.481 e. The molecule has 1 aromatic carbocycles. The number of carboxylic acid groups (broad SMARTS) is 1. The molecule has 0 radical (unpaired) electrons. The molecule has 0 unspecified atom stereocenters. The summed E-state index contributed by atoms with van der Waals surface area (Å²) >= 11 is 0. The molecular formula is C17H19F2NO2. The van der Waals surface area contributed by atoms with Gasteiger partial charge < -0.3 is 5.11 Å². The fourth-order valence-corrected chi connectivity index (χ4v) is 3.84. The largest absolute Gasteiger partial charge is 0.481 e. The third-order valence-electron chi connectivity index (χ3n) is 4.98. The van der Waals surface area contributed by atoms with E-state index in [9.17, 15) is 18.7 Å². The van der Waals surface area contributed by atoms with Gasteiger partial charge in [-0.3, -0.25) is 9.69 Å². The van der Waals surface area contributed by atoms with Crippen LogP contribution >= 0.6 is 0 Å². The van der Waals surface area contributed by atoms with Gasteiger partial charge in [-0.25, -0.2) is 8.78 Å². The normalized spacial score (nSPS) is 28.4. The topological polar surface area (TPSA) is 40.5 Å². The Morgan fingerprint density at radius 2 is 2.23 bits per heavy atom. The number of likely N-dealkylation sites (tertiary alicyclic amines) is 1. The quantitative estimate of drug-likeness (QED) is 0.929. The van der Waals surface area contributed by atoms with Gasteiger partial charge >= 0.3 is 5.97 Å². The number of aliphatic carboxylic acids is 1. The fraction of sp³-hybridized carbons (Fsp3) is 0.471. The molecule has 5 heteroatoms. The van der Waals surface area contributed by atoms with Crippen molar-refractivity contribution in [1.82, 2.24) is 4.90 Å². The number of benzene rings is 1. The van der Waals surface area contributed by atoms with Crippen LogP contribution in [0.15, 0.2) is 24.3 Å². The highest BCUT2D eigenvalue weighted by Gasteiger charge is 2.54. The van der Waals surface area contributed by atoms with Crippen LogP contribution in [-0.2, 0) is 4.79 Å². The standard InChI is InChI=1S/C17H19F2NO2/c18-14-6-5-12(9-15(14)19)3-2-8-20-10-13-4-1-7-17(13,11-20)16(21)22/h2-3,5-6,9,13H,1,4,7-8,10-11H2,(H,21,22)/b3-2+/t13-,17+/m0/s1. The van der Waals surface area contributed by atoms with E-state index in [1.165, 1.54) is 6.07 Å². The minimum absolute atomic E-state index is 0.238. The first-order valence-corrected chi connectivity index (χ1v) is 7.58. The maximum absolute atomic E-state index is 13.1. The van der Waals surface area contributed by atoms with Crippen molar-refractivity contribution in [3.05, 3.63) is 41.5 Å². The molecule has 1 N–H and O–H groups in total. The van der Waals surface area contributed by atoms with Gasteiger partial charge in [-0.05, 0) is 36.5 Å². The van der Waals surface area contributed by atoms with E-state index in [2.05, 4.69) is 4.90 Å². The molecule has 0 amide bonds. The number of hydrogen-bond acceptors (Lipinski definition) is 2. The van der Waals surface area contributed by atoms with E-state index in [0.29, 0.717) is 18.7 Å². The number of carboxylic acids is 1. The minimum atomic E-state index is -0.859. The van der Waals surface area contributed by atoms with Gasteiger partial charge in [0, 0.05) is 19.6 Å². The van der Waals surface area contributed by atoms with Crippen LogP contribution < -0.4 is 0 Å². The summed E-state index contributed by atoms with van der Waals surface area (Å²) in [5.41, 5.74) is 0.0294. The molecule has 1 heterocycles. The van der Waals surface area contributed by atoms with Crippen molar-refractivity contribution < 1.29 is 18.7 Å². The van der Waals surface area contributed by atoms with Crippen molar-refractivity contribution in [2.24, 2.45) is 11.3 Å². The number of carbonyl (C=O) groups is 1. The molecule has 0 bridgehead atoms. The molecule has 3 nitrogen and oxygen atoms in total. The van der Waals surface area contributed by atoms with Crippen molar-refractivity contribution in [1.29, 1.82) is 0 Å². The molecule has 2 atom stereocenters. The molecule has 1 aliphatic heterocycles. The zero-order valence-corrected chi connectivity index (χ0v) is 12.3. The summed E-state index contributed by atoms with van der Waals surface area (Å²) in [5, 5.41) is 9.53. The summed E-state index contributed by atoms with van der Waals surface area (Å²) in [6.45, 7) is 2.01. The summed E-state index contributed by atoms with van der Waals surface area (Å²) in [6.07, 6.45) is 6.36. The zero-order valence-electron chi connectivity index (χ0n) is 12.3. The third kappa shape index (κ3) is 2.65. The predicted octanol–water partition coefficient (Wildman–Crippen LogP) is 3.16. The Morgan fingerprint density at radius 1 is 1.41 bits per heavy atom. The van der Waals surface area contributed by atoms with Gasteiger partial charge in [0.25, 0.3) is 0 Å². The van der Waals surface area contributed by atoms with Crippen LogP contribution in [0.5, 0.6) is 0 Å². The van der Waals surface area contributed by atoms with Crippen molar-refractivity contribution >= 4 is 12.0 Å². The lowest BCUT2D eigenvalue weighted by molar-refractivity contribution is -0.149. The Kier molecular flexibility index (Phi) is 4.00. The Labute approximate surface area is 128 Å². The molecule has 1 aliphatic carbocycles. The number of rotatable bonds is 4. The summed E-state index contributed by atoms with van der Waals surface area (Å²) in [4.78, 5) is 13.7. The average molecular weight is 307 g/mol.